The van der Waals surface area contributed by atoms with Crippen molar-refractivity contribution in [3.8, 4) is 17.6 Å². The third-order valence-electron chi connectivity index (χ3n) is 4.20. The molecule has 1 aliphatic rings. The molecule has 0 radical (unpaired) electrons. The van der Waals surface area contributed by atoms with Crippen molar-refractivity contribution < 1.29 is 19.1 Å². The number of halogens is 3. The highest BCUT2D eigenvalue weighted by molar-refractivity contribution is 9.10. The van der Waals surface area contributed by atoms with E-state index >= 15 is 0 Å². The van der Waals surface area contributed by atoms with Gasteiger partial charge in [0.1, 0.15) is 11.6 Å². The van der Waals surface area contributed by atoms with Crippen LogP contribution < -0.4 is 19.7 Å². The van der Waals surface area contributed by atoms with E-state index in [0.717, 1.165) is 4.90 Å². The van der Waals surface area contributed by atoms with E-state index in [2.05, 4.69) is 21.2 Å². The average molecular weight is 555 g/mol. The molecular formula is C21H14BrCl2N3O4S. The van der Waals surface area contributed by atoms with E-state index in [1.807, 2.05) is 6.07 Å². The van der Waals surface area contributed by atoms with Gasteiger partial charge in [-0.1, -0.05) is 29.3 Å². The maximum atomic E-state index is 13.2. The van der Waals surface area contributed by atoms with Crippen molar-refractivity contribution in [2.45, 2.75) is 6.92 Å². The fraction of sp³-hybridized carbons (Fsp3) is 0.143. The molecule has 3 rings (SSSR count). The van der Waals surface area contributed by atoms with Crippen LogP contribution in [-0.4, -0.2) is 30.1 Å². The maximum Gasteiger partial charge on any atom is 0.270 e. The first-order chi connectivity index (χ1) is 15.3. The summed E-state index contributed by atoms with van der Waals surface area (Å²) in [5, 5.41) is 11.5. The third kappa shape index (κ3) is 4.89. The molecule has 0 atom stereocenters. The van der Waals surface area contributed by atoms with Crippen molar-refractivity contribution in [1.82, 2.24) is 5.32 Å². The number of carbonyl (C=O) groups excluding carboxylic acids is 2. The standard InChI is InChI=1S/C21H14BrCl2N3O4S/c1-2-30-16-10-11(9-13(22)18(16)31-7-6-25)8-12-19(28)26-21(32)27(20(12)29)15-5-3-4-14(23)17(15)24/h3-5,8-10H,2,7H2,1H3,(H,26,28,32)/b12-8+. The van der Waals surface area contributed by atoms with Crippen LogP contribution in [0.15, 0.2) is 40.4 Å². The number of anilines is 1. The molecule has 2 amide bonds. The molecule has 1 aliphatic heterocycles. The zero-order valence-corrected chi connectivity index (χ0v) is 20.4. The normalized spacial score (nSPS) is 14.9. The van der Waals surface area contributed by atoms with E-state index in [9.17, 15) is 9.59 Å². The van der Waals surface area contributed by atoms with Gasteiger partial charge in [-0.3, -0.25) is 19.8 Å². The first-order valence-electron chi connectivity index (χ1n) is 9.10. The fourth-order valence-electron chi connectivity index (χ4n) is 2.89. The summed E-state index contributed by atoms with van der Waals surface area (Å²) in [6.07, 6.45) is 1.40. The number of hydrogen-bond donors (Lipinski definition) is 1. The molecule has 0 saturated carbocycles. The Hall–Kier alpha value is -2.64. The Morgan fingerprint density at radius 2 is 2.03 bits per heavy atom. The Morgan fingerprint density at radius 3 is 2.72 bits per heavy atom. The van der Waals surface area contributed by atoms with Crippen LogP contribution >= 0.6 is 51.3 Å². The molecule has 2 aromatic carbocycles. The predicted molar refractivity (Wildman–Crippen MR) is 129 cm³/mol. The molecule has 0 aliphatic carbocycles. The van der Waals surface area contributed by atoms with Gasteiger partial charge in [-0.25, -0.2) is 0 Å². The Labute approximate surface area is 207 Å². The van der Waals surface area contributed by atoms with Crippen LogP contribution in [0.25, 0.3) is 6.08 Å². The molecule has 1 N–H and O–H groups in total. The number of carbonyl (C=O) groups is 2. The smallest absolute Gasteiger partial charge is 0.270 e. The zero-order valence-electron chi connectivity index (χ0n) is 16.4. The van der Waals surface area contributed by atoms with Crippen molar-refractivity contribution in [1.29, 1.82) is 5.26 Å². The highest BCUT2D eigenvalue weighted by Gasteiger charge is 2.35. The lowest BCUT2D eigenvalue weighted by Crippen LogP contribution is -2.54. The van der Waals surface area contributed by atoms with Crippen LogP contribution in [0.2, 0.25) is 10.0 Å². The van der Waals surface area contributed by atoms with Crippen molar-refractivity contribution >= 4 is 80.0 Å². The summed E-state index contributed by atoms with van der Waals surface area (Å²) in [5.41, 5.74) is 0.555. The largest absolute Gasteiger partial charge is 0.490 e. The molecule has 32 heavy (non-hydrogen) atoms. The summed E-state index contributed by atoms with van der Waals surface area (Å²) < 4.78 is 11.5. The van der Waals surface area contributed by atoms with Crippen molar-refractivity contribution in [2.75, 3.05) is 18.1 Å². The minimum atomic E-state index is -0.665. The van der Waals surface area contributed by atoms with Gasteiger partial charge in [-0.2, -0.15) is 5.26 Å². The van der Waals surface area contributed by atoms with Gasteiger partial charge in [-0.05, 0) is 71.0 Å². The van der Waals surface area contributed by atoms with Crippen LogP contribution in [0.5, 0.6) is 11.5 Å². The molecule has 164 valence electrons. The number of nitriles is 1. The van der Waals surface area contributed by atoms with Crippen LogP contribution in [0.4, 0.5) is 5.69 Å². The van der Waals surface area contributed by atoms with Gasteiger partial charge in [-0.15, -0.1) is 0 Å². The summed E-state index contributed by atoms with van der Waals surface area (Å²) in [4.78, 5) is 26.9. The van der Waals surface area contributed by atoms with Crippen molar-refractivity contribution in [2.24, 2.45) is 0 Å². The van der Waals surface area contributed by atoms with Gasteiger partial charge in [0.2, 0.25) is 0 Å². The van der Waals surface area contributed by atoms with E-state index in [1.54, 1.807) is 37.3 Å². The Morgan fingerprint density at radius 1 is 1.28 bits per heavy atom. The SMILES string of the molecule is CCOc1cc(/C=C2\C(=O)NC(=S)N(c3cccc(Cl)c3Cl)C2=O)cc(Br)c1OCC#N. The number of ether oxygens (including phenoxy) is 2. The molecule has 11 heteroatoms. The van der Waals surface area contributed by atoms with E-state index < -0.39 is 11.8 Å². The molecular weight excluding hydrogens is 541 g/mol. The number of benzene rings is 2. The first-order valence-corrected chi connectivity index (χ1v) is 11.1. The second-order valence-corrected chi connectivity index (χ2v) is 8.27. The van der Waals surface area contributed by atoms with Gasteiger partial charge in [0.15, 0.2) is 23.2 Å². The number of rotatable bonds is 6. The third-order valence-corrected chi connectivity index (χ3v) is 5.88. The Balaban J connectivity index is 2.06. The number of nitrogens with one attached hydrogen (secondary N) is 1. The van der Waals surface area contributed by atoms with Gasteiger partial charge < -0.3 is 9.47 Å². The minimum absolute atomic E-state index is 0.113. The van der Waals surface area contributed by atoms with Gasteiger partial charge >= 0.3 is 0 Å². The molecule has 1 heterocycles. The second kappa shape index (κ2) is 10.3. The monoisotopic (exact) mass is 553 g/mol. The molecule has 0 bridgehead atoms. The van der Waals surface area contributed by atoms with Crippen LogP contribution in [0, 0.1) is 11.3 Å². The molecule has 0 spiro atoms. The van der Waals surface area contributed by atoms with Gasteiger partial charge in [0.25, 0.3) is 11.8 Å². The number of thiocarbonyl (C=S) groups is 1. The minimum Gasteiger partial charge on any atom is -0.490 e. The second-order valence-electron chi connectivity index (χ2n) is 6.24. The van der Waals surface area contributed by atoms with Crippen LogP contribution in [0.3, 0.4) is 0 Å². The Kier molecular flexibility index (Phi) is 7.74. The van der Waals surface area contributed by atoms with E-state index in [1.165, 1.54) is 6.08 Å². The maximum absolute atomic E-state index is 13.2. The van der Waals surface area contributed by atoms with Gasteiger partial charge in [0, 0.05) is 0 Å². The quantitative estimate of drug-likeness (QED) is 0.310. The molecule has 2 aromatic rings. The Bertz CT molecular complexity index is 1200. The molecule has 1 fully saturated rings. The number of hydrogen-bond acceptors (Lipinski definition) is 6. The van der Waals surface area contributed by atoms with E-state index in [-0.39, 0.29) is 33.0 Å². The number of amides is 2. The number of nitrogens with zero attached hydrogens (tertiary/aromatic N) is 2. The average Bonchev–Trinajstić information content (AvgIpc) is 2.73. The molecule has 7 nitrogen and oxygen atoms in total. The summed E-state index contributed by atoms with van der Waals surface area (Å²) in [5.74, 6) is -0.642. The highest BCUT2D eigenvalue weighted by Crippen LogP contribution is 2.38. The van der Waals surface area contributed by atoms with Crippen LogP contribution in [-0.2, 0) is 9.59 Å². The topological polar surface area (TPSA) is 91.7 Å². The predicted octanol–water partition coefficient (Wildman–Crippen LogP) is 4.89. The summed E-state index contributed by atoms with van der Waals surface area (Å²) in [6, 6.07) is 9.87. The van der Waals surface area contributed by atoms with Crippen LogP contribution in [0.1, 0.15) is 12.5 Å². The van der Waals surface area contributed by atoms with Gasteiger partial charge in [0.05, 0.1) is 26.8 Å². The van der Waals surface area contributed by atoms with Crippen molar-refractivity contribution in [3.05, 3.63) is 56.0 Å². The summed E-state index contributed by atoms with van der Waals surface area (Å²) >= 11 is 20.9. The lowest BCUT2D eigenvalue weighted by atomic mass is 10.1. The zero-order chi connectivity index (χ0) is 23.4. The molecule has 0 aromatic heterocycles. The summed E-state index contributed by atoms with van der Waals surface area (Å²) in [7, 11) is 0. The summed E-state index contributed by atoms with van der Waals surface area (Å²) in [6.45, 7) is 1.95. The fourth-order valence-corrected chi connectivity index (χ4v) is 4.11. The molecule has 0 unspecified atom stereocenters. The highest BCUT2D eigenvalue weighted by atomic mass is 79.9. The molecule has 1 saturated heterocycles. The first kappa shape index (κ1) is 24.0. The van der Waals surface area contributed by atoms with E-state index in [4.69, 9.17) is 50.2 Å². The van der Waals surface area contributed by atoms with Crippen molar-refractivity contribution in [3.63, 3.8) is 0 Å². The van der Waals surface area contributed by atoms with E-state index in [0.29, 0.717) is 28.1 Å². The lowest BCUT2D eigenvalue weighted by Gasteiger charge is -2.29. The lowest BCUT2D eigenvalue weighted by molar-refractivity contribution is -0.122.